The zero-order chi connectivity index (χ0) is 24.2. The molecule has 0 saturated carbocycles. The summed E-state index contributed by atoms with van der Waals surface area (Å²) in [7, 11) is 0. The Hall–Kier alpha value is -2.54. The molecule has 0 fully saturated rings. The molecule has 1 aliphatic carbocycles. The molecule has 10 heteroatoms. The van der Waals surface area contributed by atoms with Crippen molar-refractivity contribution in [1.82, 2.24) is 14.8 Å². The van der Waals surface area contributed by atoms with Gasteiger partial charge in [-0.05, 0) is 69.7 Å². The van der Waals surface area contributed by atoms with Crippen LogP contribution in [0.2, 0.25) is 5.02 Å². The minimum absolute atomic E-state index is 0.164. The summed E-state index contributed by atoms with van der Waals surface area (Å²) in [5.41, 5.74) is 2.79. The fraction of sp³-hybridized carbons (Fsp3) is 0.417. The molecule has 7 nitrogen and oxygen atoms in total. The van der Waals surface area contributed by atoms with Crippen LogP contribution in [0.25, 0.3) is 0 Å². The van der Waals surface area contributed by atoms with E-state index in [0.29, 0.717) is 38.9 Å². The molecule has 1 N–H and O–H groups in total. The van der Waals surface area contributed by atoms with Crippen LogP contribution < -0.4 is 10.1 Å². The SMILES string of the molecule is CCn1c(SCC(=O)Nc2sc3c(c2C#N)CCCC3)nnc1C(C)Oc1cc(C)ccc1Cl. The van der Waals surface area contributed by atoms with Crippen molar-refractivity contribution in [2.75, 3.05) is 11.1 Å². The van der Waals surface area contributed by atoms with Gasteiger partial charge in [-0.25, -0.2) is 0 Å². The number of thiophene rings is 1. The Morgan fingerprint density at radius 2 is 2.18 bits per heavy atom. The summed E-state index contributed by atoms with van der Waals surface area (Å²) in [6.07, 6.45) is 3.75. The summed E-state index contributed by atoms with van der Waals surface area (Å²) in [4.78, 5) is 13.9. The van der Waals surface area contributed by atoms with Gasteiger partial charge in [0.25, 0.3) is 0 Å². The minimum atomic E-state index is -0.370. The summed E-state index contributed by atoms with van der Waals surface area (Å²) >= 11 is 9.12. The van der Waals surface area contributed by atoms with Gasteiger partial charge in [-0.2, -0.15) is 5.26 Å². The fourth-order valence-corrected chi connectivity index (χ4v) is 6.24. The maximum atomic E-state index is 12.7. The molecule has 1 unspecified atom stereocenters. The fourth-order valence-electron chi connectivity index (χ4n) is 4.01. The summed E-state index contributed by atoms with van der Waals surface area (Å²) in [5, 5.41) is 23.0. The smallest absolute Gasteiger partial charge is 0.235 e. The number of nitrogens with one attached hydrogen (secondary N) is 1. The molecule has 178 valence electrons. The molecule has 4 rings (SSSR count). The number of amides is 1. The van der Waals surface area contributed by atoms with Crippen LogP contribution >= 0.6 is 34.7 Å². The molecular weight excluding hydrogens is 490 g/mol. The largest absolute Gasteiger partial charge is 0.481 e. The average Bonchev–Trinajstić information content (AvgIpc) is 3.40. The van der Waals surface area contributed by atoms with E-state index in [0.717, 1.165) is 36.8 Å². The molecule has 0 aliphatic heterocycles. The third kappa shape index (κ3) is 5.24. The van der Waals surface area contributed by atoms with Gasteiger partial charge in [-0.3, -0.25) is 4.79 Å². The number of hydrogen-bond acceptors (Lipinski definition) is 7. The van der Waals surface area contributed by atoms with Crippen molar-refractivity contribution in [2.45, 2.75) is 64.3 Å². The zero-order valence-corrected chi connectivity index (χ0v) is 21.7. The van der Waals surface area contributed by atoms with E-state index < -0.39 is 0 Å². The van der Waals surface area contributed by atoms with Crippen molar-refractivity contribution >= 4 is 45.6 Å². The van der Waals surface area contributed by atoms with Gasteiger partial charge >= 0.3 is 0 Å². The highest BCUT2D eigenvalue weighted by atomic mass is 35.5. The second-order valence-corrected chi connectivity index (χ2v) is 10.6. The number of carbonyl (C=O) groups is 1. The van der Waals surface area contributed by atoms with Gasteiger partial charge in [0, 0.05) is 11.4 Å². The highest BCUT2D eigenvalue weighted by Crippen LogP contribution is 2.38. The van der Waals surface area contributed by atoms with Gasteiger partial charge in [0.15, 0.2) is 17.1 Å². The zero-order valence-electron chi connectivity index (χ0n) is 19.4. The Kier molecular flexibility index (Phi) is 7.81. The standard InChI is InChI=1S/C24H26ClN5O2S2/c1-4-30-22(15(3)32-19-11-14(2)9-10-18(19)25)28-29-24(30)33-13-21(31)27-23-17(12-26)16-7-5-6-8-20(16)34-23/h9-11,15H,4-8,13H2,1-3H3,(H,27,31). The predicted molar refractivity (Wildman–Crippen MR) is 136 cm³/mol. The molecule has 1 amide bonds. The Labute approximate surface area is 212 Å². The normalized spacial score (nSPS) is 13.7. The first-order chi connectivity index (χ1) is 16.4. The molecule has 2 heterocycles. The van der Waals surface area contributed by atoms with E-state index in [1.165, 1.54) is 28.0 Å². The summed E-state index contributed by atoms with van der Waals surface area (Å²) in [5.74, 6) is 1.27. The van der Waals surface area contributed by atoms with Gasteiger partial charge < -0.3 is 14.6 Å². The first kappa shape index (κ1) is 24.6. The number of carbonyl (C=O) groups excluding carboxylic acids is 1. The van der Waals surface area contributed by atoms with Gasteiger partial charge in [-0.15, -0.1) is 21.5 Å². The second kappa shape index (κ2) is 10.8. The number of anilines is 1. The van der Waals surface area contributed by atoms with Crippen LogP contribution in [0, 0.1) is 18.3 Å². The van der Waals surface area contributed by atoms with Crippen LogP contribution in [0.4, 0.5) is 5.00 Å². The van der Waals surface area contributed by atoms with Crippen LogP contribution in [0.1, 0.15) is 60.2 Å². The molecule has 1 aromatic carbocycles. The highest BCUT2D eigenvalue weighted by molar-refractivity contribution is 7.99. The first-order valence-electron chi connectivity index (χ1n) is 11.2. The van der Waals surface area contributed by atoms with Gasteiger partial charge in [0.2, 0.25) is 5.91 Å². The number of aryl methyl sites for hydroxylation is 2. The second-order valence-electron chi connectivity index (χ2n) is 8.14. The van der Waals surface area contributed by atoms with Crippen molar-refractivity contribution < 1.29 is 9.53 Å². The number of nitriles is 1. The molecule has 1 atom stereocenters. The number of ether oxygens (including phenoxy) is 1. The Bertz CT molecular complexity index is 1250. The van der Waals surface area contributed by atoms with E-state index in [4.69, 9.17) is 16.3 Å². The summed E-state index contributed by atoms with van der Waals surface area (Å²) in [6, 6.07) is 7.92. The molecule has 2 aromatic heterocycles. The van der Waals surface area contributed by atoms with E-state index in [1.54, 1.807) is 0 Å². The van der Waals surface area contributed by atoms with Gasteiger partial charge in [0.1, 0.15) is 16.8 Å². The van der Waals surface area contributed by atoms with E-state index >= 15 is 0 Å². The molecule has 1 aliphatic rings. The molecule has 0 radical (unpaired) electrons. The van der Waals surface area contributed by atoms with Crippen molar-refractivity contribution in [3.8, 4) is 11.8 Å². The van der Waals surface area contributed by atoms with Gasteiger partial charge in [-0.1, -0.05) is 29.4 Å². The average molecular weight is 516 g/mol. The number of thioether (sulfide) groups is 1. The maximum absolute atomic E-state index is 12.7. The van der Waals surface area contributed by atoms with E-state index in [2.05, 4.69) is 21.6 Å². The Morgan fingerprint density at radius 3 is 2.94 bits per heavy atom. The summed E-state index contributed by atoms with van der Waals surface area (Å²) in [6.45, 7) is 6.52. The highest BCUT2D eigenvalue weighted by Gasteiger charge is 2.23. The lowest BCUT2D eigenvalue weighted by Crippen LogP contribution is -2.15. The number of fused-ring (bicyclic) bond motifs is 1. The molecule has 34 heavy (non-hydrogen) atoms. The van der Waals surface area contributed by atoms with E-state index in [-0.39, 0.29) is 17.8 Å². The topological polar surface area (TPSA) is 92.8 Å². The predicted octanol–water partition coefficient (Wildman–Crippen LogP) is 5.94. The number of benzene rings is 1. The van der Waals surface area contributed by atoms with Crippen molar-refractivity contribution in [3.63, 3.8) is 0 Å². The molecule has 0 spiro atoms. The van der Waals surface area contributed by atoms with Crippen LogP contribution in [-0.4, -0.2) is 26.4 Å². The molecule has 0 bridgehead atoms. The Balaban J connectivity index is 1.42. The number of nitrogens with zero attached hydrogens (tertiary/aromatic N) is 4. The minimum Gasteiger partial charge on any atom is -0.481 e. The van der Waals surface area contributed by atoms with E-state index in [9.17, 15) is 10.1 Å². The van der Waals surface area contributed by atoms with Crippen molar-refractivity contribution in [1.29, 1.82) is 5.26 Å². The lowest BCUT2D eigenvalue weighted by atomic mass is 9.96. The monoisotopic (exact) mass is 515 g/mol. The number of halogens is 1. The maximum Gasteiger partial charge on any atom is 0.235 e. The third-order valence-electron chi connectivity index (χ3n) is 5.68. The lowest BCUT2D eigenvalue weighted by Gasteiger charge is -2.16. The number of rotatable bonds is 8. The van der Waals surface area contributed by atoms with Crippen molar-refractivity contribution in [2.24, 2.45) is 0 Å². The van der Waals surface area contributed by atoms with Crippen LogP contribution in [0.5, 0.6) is 5.75 Å². The van der Waals surface area contributed by atoms with E-state index in [1.807, 2.05) is 43.5 Å². The molecule has 0 saturated heterocycles. The lowest BCUT2D eigenvalue weighted by molar-refractivity contribution is -0.113. The van der Waals surface area contributed by atoms with Crippen LogP contribution in [0.3, 0.4) is 0 Å². The molecular formula is C24H26ClN5O2S2. The van der Waals surface area contributed by atoms with Crippen LogP contribution in [0.15, 0.2) is 23.4 Å². The number of hydrogen-bond donors (Lipinski definition) is 1. The third-order valence-corrected chi connectivity index (χ3v) is 8.17. The van der Waals surface area contributed by atoms with Crippen LogP contribution in [-0.2, 0) is 24.2 Å². The first-order valence-corrected chi connectivity index (χ1v) is 13.4. The summed E-state index contributed by atoms with van der Waals surface area (Å²) < 4.78 is 8.01. The van der Waals surface area contributed by atoms with Gasteiger partial charge in [0.05, 0.1) is 16.3 Å². The van der Waals surface area contributed by atoms with Crippen molar-refractivity contribution in [3.05, 3.63) is 50.6 Å². The molecule has 3 aromatic rings. The Morgan fingerprint density at radius 1 is 1.38 bits per heavy atom. The number of aromatic nitrogens is 3. The quantitative estimate of drug-likeness (QED) is 0.373.